The third-order valence-electron chi connectivity index (χ3n) is 4.20. The van der Waals surface area contributed by atoms with E-state index in [1.807, 2.05) is 37.1 Å². The van der Waals surface area contributed by atoms with Crippen molar-refractivity contribution in [3.05, 3.63) is 24.4 Å². The second kappa shape index (κ2) is 9.22. The topological polar surface area (TPSA) is 77.6 Å². The first-order valence-electron chi connectivity index (χ1n) is 8.48. The van der Waals surface area contributed by atoms with Gasteiger partial charge in [0.2, 0.25) is 11.8 Å². The Morgan fingerprint density at radius 3 is 2.62 bits per heavy atom. The lowest BCUT2D eigenvalue weighted by Gasteiger charge is -2.35. The summed E-state index contributed by atoms with van der Waals surface area (Å²) in [4.78, 5) is 32.4. The number of carbonyl (C=O) groups excluding carboxylic acids is 2. The molecule has 1 aromatic heterocycles. The standard InChI is InChI=1S/C17H27N5O2/c1-14(13-18-2)17(24)20-8-6-16(23)22-11-9-21(10-12-22)15-5-3-4-7-19-15/h3-5,7,14,18H,6,8-13H2,1-2H3,(H,20,24). The summed E-state index contributed by atoms with van der Waals surface area (Å²) >= 11 is 0. The number of hydrogen-bond donors (Lipinski definition) is 2. The second-order valence-electron chi connectivity index (χ2n) is 6.06. The van der Waals surface area contributed by atoms with Crippen molar-refractivity contribution < 1.29 is 9.59 Å². The maximum atomic E-state index is 12.2. The average molecular weight is 333 g/mol. The molecule has 0 radical (unpaired) electrons. The van der Waals surface area contributed by atoms with E-state index in [-0.39, 0.29) is 17.7 Å². The summed E-state index contributed by atoms with van der Waals surface area (Å²) in [5, 5.41) is 5.80. The molecule has 0 aliphatic carbocycles. The van der Waals surface area contributed by atoms with E-state index in [2.05, 4.69) is 20.5 Å². The SMILES string of the molecule is CNCC(C)C(=O)NCCC(=O)N1CCN(c2ccccn2)CC1. The summed E-state index contributed by atoms with van der Waals surface area (Å²) in [6.45, 7) is 5.85. The Hall–Kier alpha value is -2.15. The highest BCUT2D eigenvalue weighted by molar-refractivity contribution is 5.80. The van der Waals surface area contributed by atoms with Gasteiger partial charge in [-0.1, -0.05) is 13.0 Å². The smallest absolute Gasteiger partial charge is 0.224 e. The molecule has 1 saturated heterocycles. The van der Waals surface area contributed by atoms with E-state index in [0.29, 0.717) is 32.6 Å². The number of nitrogens with zero attached hydrogens (tertiary/aromatic N) is 3. The fourth-order valence-electron chi connectivity index (χ4n) is 2.75. The van der Waals surface area contributed by atoms with E-state index >= 15 is 0 Å². The molecule has 7 heteroatoms. The molecule has 7 nitrogen and oxygen atoms in total. The minimum absolute atomic E-state index is 0.0166. The highest BCUT2D eigenvalue weighted by Crippen LogP contribution is 2.12. The van der Waals surface area contributed by atoms with Gasteiger partial charge in [-0.3, -0.25) is 9.59 Å². The van der Waals surface area contributed by atoms with Crippen LogP contribution in [-0.4, -0.2) is 68.0 Å². The van der Waals surface area contributed by atoms with Gasteiger partial charge in [0.05, 0.1) is 0 Å². The van der Waals surface area contributed by atoms with Crippen LogP contribution in [0.3, 0.4) is 0 Å². The lowest BCUT2D eigenvalue weighted by atomic mass is 10.1. The van der Waals surface area contributed by atoms with Gasteiger partial charge in [0.25, 0.3) is 0 Å². The van der Waals surface area contributed by atoms with E-state index in [9.17, 15) is 9.59 Å². The van der Waals surface area contributed by atoms with Crippen molar-refractivity contribution in [2.45, 2.75) is 13.3 Å². The van der Waals surface area contributed by atoms with Crippen molar-refractivity contribution in [2.24, 2.45) is 5.92 Å². The van der Waals surface area contributed by atoms with Crippen LogP contribution in [0.25, 0.3) is 0 Å². The average Bonchev–Trinajstić information content (AvgIpc) is 2.62. The summed E-state index contributed by atoms with van der Waals surface area (Å²) in [6.07, 6.45) is 2.13. The zero-order valence-corrected chi connectivity index (χ0v) is 14.5. The van der Waals surface area contributed by atoms with Crippen molar-refractivity contribution in [3.63, 3.8) is 0 Å². The van der Waals surface area contributed by atoms with Crippen LogP contribution in [-0.2, 0) is 9.59 Å². The molecule has 0 aromatic carbocycles. The third kappa shape index (κ3) is 5.19. The van der Waals surface area contributed by atoms with Gasteiger partial charge in [0, 0.05) is 57.8 Å². The fraction of sp³-hybridized carbons (Fsp3) is 0.588. The van der Waals surface area contributed by atoms with Gasteiger partial charge in [0.15, 0.2) is 0 Å². The summed E-state index contributed by atoms with van der Waals surface area (Å²) in [5.41, 5.74) is 0. The van der Waals surface area contributed by atoms with Crippen LogP contribution in [0.15, 0.2) is 24.4 Å². The number of aromatic nitrogens is 1. The number of nitrogens with one attached hydrogen (secondary N) is 2. The highest BCUT2D eigenvalue weighted by atomic mass is 16.2. The molecule has 2 amide bonds. The Bertz CT molecular complexity index is 529. The maximum Gasteiger partial charge on any atom is 0.224 e. The molecule has 0 saturated carbocycles. The number of anilines is 1. The quantitative estimate of drug-likeness (QED) is 0.740. The Morgan fingerprint density at radius 2 is 2.00 bits per heavy atom. The van der Waals surface area contributed by atoms with E-state index in [0.717, 1.165) is 18.9 Å². The lowest BCUT2D eigenvalue weighted by molar-refractivity contribution is -0.131. The Labute approximate surface area is 143 Å². The summed E-state index contributed by atoms with van der Waals surface area (Å²) in [6, 6.07) is 5.85. The first-order chi connectivity index (χ1) is 11.6. The number of rotatable bonds is 7. The number of amides is 2. The maximum absolute atomic E-state index is 12.2. The van der Waals surface area contributed by atoms with E-state index < -0.39 is 0 Å². The van der Waals surface area contributed by atoms with Gasteiger partial charge < -0.3 is 20.4 Å². The van der Waals surface area contributed by atoms with Crippen LogP contribution in [0.5, 0.6) is 0 Å². The number of carbonyl (C=O) groups is 2. The molecule has 24 heavy (non-hydrogen) atoms. The molecular weight excluding hydrogens is 306 g/mol. The molecule has 132 valence electrons. The van der Waals surface area contributed by atoms with Crippen molar-refractivity contribution in [1.29, 1.82) is 0 Å². The van der Waals surface area contributed by atoms with E-state index in [1.54, 1.807) is 6.20 Å². The van der Waals surface area contributed by atoms with Crippen LogP contribution in [0.1, 0.15) is 13.3 Å². The summed E-state index contributed by atoms with van der Waals surface area (Å²) in [5.74, 6) is 0.941. The first kappa shape index (κ1) is 18.2. The monoisotopic (exact) mass is 333 g/mol. The molecule has 2 N–H and O–H groups in total. The summed E-state index contributed by atoms with van der Waals surface area (Å²) in [7, 11) is 1.82. The van der Waals surface area contributed by atoms with Crippen molar-refractivity contribution >= 4 is 17.6 Å². The van der Waals surface area contributed by atoms with Crippen LogP contribution >= 0.6 is 0 Å². The second-order valence-corrected chi connectivity index (χ2v) is 6.06. The minimum atomic E-state index is -0.0907. The molecule has 1 aliphatic rings. The van der Waals surface area contributed by atoms with Gasteiger partial charge in [-0.05, 0) is 19.2 Å². The molecular formula is C17H27N5O2. The van der Waals surface area contributed by atoms with E-state index in [4.69, 9.17) is 0 Å². The Balaban J connectivity index is 1.68. The van der Waals surface area contributed by atoms with E-state index in [1.165, 1.54) is 0 Å². The first-order valence-corrected chi connectivity index (χ1v) is 8.48. The zero-order valence-electron chi connectivity index (χ0n) is 14.5. The molecule has 0 spiro atoms. The van der Waals surface area contributed by atoms with Gasteiger partial charge in [-0.2, -0.15) is 0 Å². The normalized spacial score (nSPS) is 15.9. The molecule has 1 aliphatic heterocycles. The Morgan fingerprint density at radius 1 is 1.25 bits per heavy atom. The third-order valence-corrected chi connectivity index (χ3v) is 4.20. The lowest BCUT2D eigenvalue weighted by Crippen LogP contribution is -2.49. The van der Waals surface area contributed by atoms with Crippen LogP contribution in [0.2, 0.25) is 0 Å². The molecule has 1 fully saturated rings. The Kier molecular flexibility index (Phi) is 6.99. The molecule has 1 aromatic rings. The molecule has 2 rings (SSSR count). The largest absolute Gasteiger partial charge is 0.355 e. The fourth-order valence-corrected chi connectivity index (χ4v) is 2.75. The van der Waals surface area contributed by atoms with Gasteiger partial charge in [-0.25, -0.2) is 4.98 Å². The molecule has 2 heterocycles. The highest BCUT2D eigenvalue weighted by Gasteiger charge is 2.21. The number of hydrogen-bond acceptors (Lipinski definition) is 5. The molecule has 1 unspecified atom stereocenters. The minimum Gasteiger partial charge on any atom is -0.355 e. The van der Waals surface area contributed by atoms with Crippen LogP contribution < -0.4 is 15.5 Å². The molecule has 1 atom stereocenters. The zero-order chi connectivity index (χ0) is 17.4. The summed E-state index contributed by atoms with van der Waals surface area (Å²) < 4.78 is 0. The van der Waals surface area contributed by atoms with Crippen molar-refractivity contribution in [3.8, 4) is 0 Å². The van der Waals surface area contributed by atoms with Crippen molar-refractivity contribution in [1.82, 2.24) is 20.5 Å². The number of pyridine rings is 1. The van der Waals surface area contributed by atoms with Gasteiger partial charge >= 0.3 is 0 Å². The van der Waals surface area contributed by atoms with Gasteiger partial charge in [-0.15, -0.1) is 0 Å². The predicted octanol–water partition coefficient (Wildman–Crippen LogP) is 0.0920. The molecule has 0 bridgehead atoms. The van der Waals surface area contributed by atoms with Crippen LogP contribution in [0, 0.1) is 5.92 Å². The van der Waals surface area contributed by atoms with Gasteiger partial charge in [0.1, 0.15) is 5.82 Å². The number of piperazine rings is 1. The van der Waals surface area contributed by atoms with Crippen LogP contribution in [0.4, 0.5) is 5.82 Å². The predicted molar refractivity (Wildman–Crippen MR) is 93.7 cm³/mol. The van der Waals surface area contributed by atoms with Crippen molar-refractivity contribution in [2.75, 3.05) is 51.2 Å².